The molecule has 4 rings (SSSR count). The summed E-state index contributed by atoms with van der Waals surface area (Å²) in [5, 5.41) is 22.7. The lowest BCUT2D eigenvalue weighted by atomic mass is 10.0. The molecule has 1 amide bonds. The molecule has 0 aliphatic rings. The monoisotopic (exact) mass is 525 g/mol. The normalized spacial score (nSPS) is 11.7. The van der Waals surface area contributed by atoms with Gasteiger partial charge >= 0.3 is 0 Å². The van der Waals surface area contributed by atoms with Crippen molar-refractivity contribution in [2.45, 2.75) is 11.8 Å². The van der Waals surface area contributed by atoms with Crippen LogP contribution in [0.2, 0.25) is 5.02 Å². The third-order valence-electron chi connectivity index (χ3n) is 5.35. The summed E-state index contributed by atoms with van der Waals surface area (Å²) in [5.41, 5.74) is 0.184. The fourth-order valence-corrected chi connectivity index (χ4v) is 4.78. The zero-order chi connectivity index (χ0) is 26.0. The zero-order valence-electron chi connectivity index (χ0n) is 19.1. The fraction of sp³-hybridized carbons (Fsp3) is 0.0800. The number of phenolic OH excluding ortho intramolecular Hbond substituents is 1. The van der Waals surface area contributed by atoms with E-state index in [2.05, 4.69) is 15.5 Å². The summed E-state index contributed by atoms with van der Waals surface area (Å²) in [6.45, 7) is 1.47. The molecule has 9 nitrogen and oxygen atoms in total. The van der Waals surface area contributed by atoms with Gasteiger partial charge in [-0.3, -0.25) is 9.35 Å². The van der Waals surface area contributed by atoms with Gasteiger partial charge in [-0.25, -0.2) is 0 Å². The second-order valence-electron chi connectivity index (χ2n) is 7.75. The SMILES string of the molecule is COc1cccc(NC(=O)c2cc3ccccc3c(N=Nc3c(Cl)ccc(C)c3S(=O)(=O)O)c2O)c1. The number of hydrogen-bond acceptors (Lipinski definition) is 7. The van der Waals surface area contributed by atoms with E-state index in [4.69, 9.17) is 16.3 Å². The average molecular weight is 526 g/mol. The van der Waals surface area contributed by atoms with Gasteiger partial charge in [0.25, 0.3) is 16.0 Å². The fourth-order valence-electron chi connectivity index (χ4n) is 3.66. The highest BCUT2D eigenvalue weighted by Gasteiger charge is 2.23. The molecule has 0 bridgehead atoms. The van der Waals surface area contributed by atoms with Gasteiger partial charge < -0.3 is 15.2 Å². The number of amides is 1. The lowest BCUT2D eigenvalue weighted by Crippen LogP contribution is -2.12. The number of benzene rings is 4. The van der Waals surface area contributed by atoms with Crippen molar-refractivity contribution in [2.75, 3.05) is 12.4 Å². The summed E-state index contributed by atoms with van der Waals surface area (Å²) in [4.78, 5) is 12.6. The summed E-state index contributed by atoms with van der Waals surface area (Å²) in [6, 6.07) is 17.9. The number of nitrogens with zero attached hydrogens (tertiary/aromatic N) is 2. The van der Waals surface area contributed by atoms with E-state index in [9.17, 15) is 22.9 Å². The minimum atomic E-state index is -4.68. The first-order chi connectivity index (χ1) is 17.1. The van der Waals surface area contributed by atoms with Crippen LogP contribution < -0.4 is 10.1 Å². The van der Waals surface area contributed by atoms with Gasteiger partial charge in [0, 0.05) is 17.1 Å². The van der Waals surface area contributed by atoms with E-state index >= 15 is 0 Å². The number of carbonyl (C=O) groups is 1. The number of nitrogens with one attached hydrogen (secondary N) is 1. The third kappa shape index (κ3) is 5.01. The molecular formula is C25H20ClN3O6S. The Morgan fingerprint density at radius 1 is 1.00 bits per heavy atom. The Bertz CT molecular complexity index is 1640. The van der Waals surface area contributed by atoms with E-state index in [1.165, 1.54) is 32.2 Å². The van der Waals surface area contributed by atoms with E-state index in [1.54, 1.807) is 48.5 Å². The first-order valence-corrected chi connectivity index (χ1v) is 12.3. The van der Waals surface area contributed by atoms with Crippen LogP contribution in [-0.2, 0) is 10.1 Å². The van der Waals surface area contributed by atoms with E-state index < -0.39 is 26.7 Å². The lowest BCUT2D eigenvalue weighted by molar-refractivity contribution is 0.102. The average Bonchev–Trinajstić information content (AvgIpc) is 2.84. The smallest absolute Gasteiger partial charge is 0.297 e. The first-order valence-electron chi connectivity index (χ1n) is 10.5. The predicted octanol–water partition coefficient (Wildman–Crippen LogP) is 6.43. The Hall–Kier alpha value is -3.99. The van der Waals surface area contributed by atoms with Crippen LogP contribution in [-0.4, -0.2) is 31.1 Å². The molecule has 0 unspecified atom stereocenters. The van der Waals surface area contributed by atoms with Crippen LogP contribution in [0.4, 0.5) is 17.1 Å². The number of rotatable bonds is 6. The second kappa shape index (κ2) is 9.94. The molecule has 0 atom stereocenters. The molecule has 11 heteroatoms. The third-order valence-corrected chi connectivity index (χ3v) is 6.69. The van der Waals surface area contributed by atoms with Crippen molar-refractivity contribution in [1.82, 2.24) is 0 Å². The van der Waals surface area contributed by atoms with Gasteiger partial charge in [-0.05, 0) is 42.1 Å². The molecule has 36 heavy (non-hydrogen) atoms. The summed E-state index contributed by atoms with van der Waals surface area (Å²) < 4.78 is 38.8. The topological polar surface area (TPSA) is 138 Å². The van der Waals surface area contributed by atoms with E-state index in [1.807, 2.05) is 0 Å². The highest BCUT2D eigenvalue weighted by molar-refractivity contribution is 7.86. The first kappa shape index (κ1) is 25.1. The van der Waals surface area contributed by atoms with Crippen LogP contribution in [0.25, 0.3) is 10.8 Å². The van der Waals surface area contributed by atoms with Gasteiger partial charge in [-0.15, -0.1) is 10.2 Å². The molecule has 0 fully saturated rings. The highest BCUT2D eigenvalue weighted by Crippen LogP contribution is 2.42. The van der Waals surface area contributed by atoms with Crippen molar-refractivity contribution in [3.63, 3.8) is 0 Å². The van der Waals surface area contributed by atoms with Gasteiger partial charge in [-0.1, -0.05) is 48.0 Å². The molecule has 0 radical (unpaired) electrons. The van der Waals surface area contributed by atoms with Crippen molar-refractivity contribution in [3.05, 3.63) is 82.9 Å². The standard InChI is InChI=1S/C25H20ClN3O6S/c1-14-10-11-20(26)22(24(14)36(32,33)34)29-28-21-18-9-4-3-6-15(18)12-19(23(21)30)25(31)27-16-7-5-8-17(13-16)35-2/h3-13,30H,1-2H3,(H,27,31)(H,32,33,34). The van der Waals surface area contributed by atoms with Gasteiger partial charge in [0.1, 0.15) is 22.0 Å². The number of anilines is 1. The minimum Gasteiger partial charge on any atom is -0.505 e. The maximum Gasteiger partial charge on any atom is 0.297 e. The molecule has 4 aromatic carbocycles. The molecule has 184 valence electrons. The largest absolute Gasteiger partial charge is 0.505 e. The number of fused-ring (bicyclic) bond motifs is 1. The quantitative estimate of drug-likeness (QED) is 0.196. The minimum absolute atomic E-state index is 0.0762. The van der Waals surface area contributed by atoms with Crippen molar-refractivity contribution < 1.29 is 27.6 Å². The number of phenols is 1. The molecule has 4 aromatic rings. The summed E-state index contributed by atoms with van der Waals surface area (Å²) in [7, 11) is -3.18. The van der Waals surface area contributed by atoms with E-state index in [0.29, 0.717) is 22.2 Å². The predicted molar refractivity (Wildman–Crippen MR) is 137 cm³/mol. The number of carbonyl (C=O) groups excluding carboxylic acids is 1. The molecular weight excluding hydrogens is 506 g/mol. The Balaban J connectivity index is 1.85. The molecule has 0 saturated carbocycles. The van der Waals surface area contributed by atoms with Crippen LogP contribution in [0.15, 0.2) is 81.9 Å². The Morgan fingerprint density at radius 3 is 2.44 bits per heavy atom. The number of aromatic hydroxyl groups is 1. The van der Waals surface area contributed by atoms with Crippen LogP contribution in [0.3, 0.4) is 0 Å². The zero-order valence-corrected chi connectivity index (χ0v) is 20.6. The molecule has 0 saturated heterocycles. The Morgan fingerprint density at radius 2 is 1.72 bits per heavy atom. The molecule has 3 N–H and O–H groups in total. The number of halogens is 1. The number of ether oxygens (including phenoxy) is 1. The van der Waals surface area contributed by atoms with E-state index in [0.717, 1.165) is 0 Å². The molecule has 0 spiro atoms. The Labute approximate surface area is 211 Å². The van der Waals surface area contributed by atoms with Gasteiger partial charge in [-0.2, -0.15) is 8.42 Å². The highest BCUT2D eigenvalue weighted by atomic mass is 35.5. The molecule has 0 aliphatic carbocycles. The summed E-state index contributed by atoms with van der Waals surface area (Å²) >= 11 is 6.16. The number of azo groups is 1. The number of hydrogen-bond donors (Lipinski definition) is 3. The van der Waals surface area contributed by atoms with Crippen molar-refractivity contribution in [1.29, 1.82) is 0 Å². The van der Waals surface area contributed by atoms with Crippen LogP contribution in [0.1, 0.15) is 15.9 Å². The van der Waals surface area contributed by atoms with Gasteiger partial charge in [0.2, 0.25) is 0 Å². The molecule has 0 aliphatic heterocycles. The molecule has 0 aromatic heterocycles. The summed E-state index contributed by atoms with van der Waals surface area (Å²) in [6.07, 6.45) is 0. The number of aryl methyl sites for hydroxylation is 1. The Kier molecular flexibility index (Phi) is 6.93. The number of methoxy groups -OCH3 is 1. The lowest BCUT2D eigenvalue weighted by Gasteiger charge is -2.12. The summed E-state index contributed by atoms with van der Waals surface area (Å²) in [5.74, 6) is -0.556. The van der Waals surface area contributed by atoms with Crippen molar-refractivity contribution >= 4 is 55.5 Å². The van der Waals surface area contributed by atoms with Crippen LogP contribution in [0, 0.1) is 6.92 Å². The second-order valence-corrected chi connectivity index (χ2v) is 9.51. The van der Waals surface area contributed by atoms with E-state index in [-0.39, 0.29) is 27.5 Å². The molecule has 0 heterocycles. The van der Waals surface area contributed by atoms with Crippen molar-refractivity contribution in [3.8, 4) is 11.5 Å². The maximum atomic E-state index is 13.1. The van der Waals surface area contributed by atoms with Crippen molar-refractivity contribution in [2.24, 2.45) is 10.2 Å². The van der Waals surface area contributed by atoms with Crippen LogP contribution in [0.5, 0.6) is 11.5 Å². The van der Waals surface area contributed by atoms with Gasteiger partial charge in [0.05, 0.1) is 17.7 Å². The van der Waals surface area contributed by atoms with Gasteiger partial charge in [0.15, 0.2) is 5.75 Å². The maximum absolute atomic E-state index is 13.1. The van der Waals surface area contributed by atoms with Crippen LogP contribution >= 0.6 is 11.6 Å².